The Morgan fingerprint density at radius 3 is 2.45 bits per heavy atom. The van der Waals surface area contributed by atoms with Crippen molar-refractivity contribution in [1.82, 2.24) is 0 Å². The molecule has 0 aliphatic heterocycles. The summed E-state index contributed by atoms with van der Waals surface area (Å²) in [6.07, 6.45) is 0.574. The van der Waals surface area contributed by atoms with E-state index in [1.54, 1.807) is 24.3 Å². The minimum absolute atomic E-state index is 0.0408. The first-order valence-corrected chi connectivity index (χ1v) is 7.25. The number of aldehydes is 1. The number of carbonyl (C=O) groups excluding carboxylic acids is 2. The number of carbonyl (C=O) groups is 2. The lowest BCUT2D eigenvalue weighted by Crippen LogP contribution is -2.10. The summed E-state index contributed by atoms with van der Waals surface area (Å²) in [5, 5.41) is 4.08. The monoisotopic (exact) mass is 337 g/mol. The Hall–Kier alpha value is -2.04. The summed E-state index contributed by atoms with van der Waals surface area (Å²) in [6, 6.07) is 12.4. The van der Waals surface area contributed by atoms with Crippen molar-refractivity contribution >= 4 is 46.8 Å². The van der Waals surface area contributed by atoms with Gasteiger partial charge in [0.2, 0.25) is 0 Å². The van der Waals surface area contributed by atoms with Crippen molar-refractivity contribution in [2.45, 2.75) is 6.42 Å². The number of ether oxygens (including phenoxy) is 1. The summed E-state index contributed by atoms with van der Waals surface area (Å²) in [4.78, 5) is 21.9. The van der Waals surface area contributed by atoms with Crippen LogP contribution in [0.2, 0.25) is 10.0 Å². The van der Waals surface area contributed by atoms with Crippen LogP contribution in [0.15, 0.2) is 42.5 Å². The number of hydrogen-bond acceptors (Lipinski definition) is 4. The number of esters is 1. The predicted octanol–water partition coefficient (Wildman–Crippen LogP) is 4.02. The normalized spacial score (nSPS) is 10.1. The van der Waals surface area contributed by atoms with E-state index in [1.807, 2.05) is 18.2 Å². The molecule has 0 radical (unpaired) electrons. The van der Waals surface area contributed by atoms with Crippen LogP contribution < -0.4 is 5.32 Å². The van der Waals surface area contributed by atoms with Gasteiger partial charge < -0.3 is 10.1 Å². The van der Waals surface area contributed by atoms with Crippen LogP contribution >= 0.6 is 23.2 Å². The molecule has 0 aliphatic rings. The van der Waals surface area contributed by atoms with Crippen molar-refractivity contribution in [3.8, 4) is 0 Å². The highest BCUT2D eigenvalue weighted by atomic mass is 35.5. The molecule has 0 fully saturated rings. The molecule has 1 N–H and O–H groups in total. The van der Waals surface area contributed by atoms with Crippen molar-refractivity contribution < 1.29 is 14.3 Å². The van der Waals surface area contributed by atoms with Crippen LogP contribution in [0, 0.1) is 0 Å². The van der Waals surface area contributed by atoms with Crippen LogP contribution in [0.4, 0.5) is 11.4 Å². The van der Waals surface area contributed by atoms with Gasteiger partial charge in [-0.2, -0.15) is 0 Å². The third-order valence-corrected chi connectivity index (χ3v) is 3.52. The van der Waals surface area contributed by atoms with Crippen molar-refractivity contribution in [1.29, 1.82) is 0 Å². The molecule has 2 rings (SSSR count). The first-order valence-electron chi connectivity index (χ1n) is 6.50. The lowest BCUT2D eigenvalue weighted by molar-refractivity contribution is -0.144. The van der Waals surface area contributed by atoms with E-state index in [4.69, 9.17) is 27.9 Å². The second-order valence-electron chi connectivity index (χ2n) is 4.41. The zero-order chi connectivity index (χ0) is 15.9. The van der Waals surface area contributed by atoms with Gasteiger partial charge in [-0.3, -0.25) is 9.59 Å². The second kappa shape index (κ2) is 7.82. The molecule has 2 aromatic rings. The molecular formula is C16H13Cl2NO3. The third kappa shape index (κ3) is 4.23. The molecule has 6 heteroatoms. The standard InChI is InChI=1S/C16H13Cl2NO3/c17-12-5-3-6-13(18)16(12)19-14-7-2-1-4-11(14)10-15(21)22-9-8-20/h1-8,19H,9-10H2. The highest BCUT2D eigenvalue weighted by molar-refractivity contribution is 6.39. The first kappa shape index (κ1) is 16.3. The van der Waals surface area contributed by atoms with E-state index < -0.39 is 5.97 Å². The SMILES string of the molecule is O=CCOC(=O)Cc1ccccc1Nc1c(Cl)cccc1Cl. The Labute approximate surface area is 138 Å². The second-order valence-corrected chi connectivity index (χ2v) is 5.22. The Morgan fingerprint density at radius 2 is 1.77 bits per heavy atom. The summed E-state index contributed by atoms with van der Waals surface area (Å²) in [6.45, 7) is -0.245. The molecule has 0 aliphatic carbocycles. The molecule has 2 aromatic carbocycles. The van der Waals surface area contributed by atoms with Gasteiger partial charge in [0.15, 0.2) is 6.29 Å². The van der Waals surface area contributed by atoms with Crippen LogP contribution in [0.5, 0.6) is 0 Å². The Bertz CT molecular complexity index is 669. The fraction of sp³-hybridized carbons (Fsp3) is 0.125. The topological polar surface area (TPSA) is 55.4 Å². The summed E-state index contributed by atoms with van der Waals surface area (Å²) in [5.74, 6) is -0.480. The third-order valence-electron chi connectivity index (χ3n) is 2.89. The van der Waals surface area contributed by atoms with Gasteiger partial charge in [0.1, 0.15) is 6.61 Å². The molecule has 0 saturated heterocycles. The van der Waals surface area contributed by atoms with Crippen molar-refractivity contribution in [2.75, 3.05) is 11.9 Å². The van der Waals surface area contributed by atoms with Crippen LogP contribution in [-0.4, -0.2) is 18.9 Å². The van der Waals surface area contributed by atoms with E-state index in [0.717, 1.165) is 5.56 Å². The van der Waals surface area contributed by atoms with Gasteiger partial charge in [-0.1, -0.05) is 47.5 Å². The van der Waals surface area contributed by atoms with Gasteiger partial charge in [0.25, 0.3) is 0 Å². The van der Waals surface area contributed by atoms with Crippen LogP contribution in [0.1, 0.15) is 5.56 Å². The van der Waals surface area contributed by atoms with Gasteiger partial charge >= 0.3 is 5.97 Å². The molecule has 0 spiro atoms. The Balaban J connectivity index is 2.21. The summed E-state index contributed by atoms with van der Waals surface area (Å²) < 4.78 is 4.76. The molecule has 114 valence electrons. The smallest absolute Gasteiger partial charge is 0.310 e. The minimum atomic E-state index is -0.480. The lowest BCUT2D eigenvalue weighted by atomic mass is 10.1. The minimum Gasteiger partial charge on any atom is -0.458 e. The summed E-state index contributed by atoms with van der Waals surface area (Å²) in [7, 11) is 0. The predicted molar refractivity (Wildman–Crippen MR) is 86.9 cm³/mol. The Morgan fingerprint density at radius 1 is 1.09 bits per heavy atom. The molecule has 0 aromatic heterocycles. The van der Waals surface area contributed by atoms with E-state index in [2.05, 4.69) is 5.32 Å². The fourth-order valence-corrected chi connectivity index (χ4v) is 2.37. The van der Waals surface area contributed by atoms with Gasteiger partial charge in [-0.25, -0.2) is 0 Å². The molecule has 0 heterocycles. The lowest BCUT2D eigenvalue weighted by Gasteiger charge is -2.14. The number of nitrogens with one attached hydrogen (secondary N) is 1. The van der Waals surface area contributed by atoms with Crippen molar-refractivity contribution in [3.63, 3.8) is 0 Å². The van der Waals surface area contributed by atoms with Crippen LogP contribution in [-0.2, 0) is 20.7 Å². The average Bonchev–Trinajstić information content (AvgIpc) is 2.50. The number of hydrogen-bond donors (Lipinski definition) is 1. The van der Waals surface area contributed by atoms with Crippen molar-refractivity contribution in [3.05, 3.63) is 58.1 Å². The van der Waals surface area contributed by atoms with Crippen molar-refractivity contribution in [2.24, 2.45) is 0 Å². The highest BCUT2D eigenvalue weighted by Crippen LogP contribution is 2.33. The maximum Gasteiger partial charge on any atom is 0.310 e. The Kier molecular flexibility index (Phi) is 5.81. The number of rotatable bonds is 6. The van der Waals surface area contributed by atoms with Gasteiger partial charge in [0, 0.05) is 5.69 Å². The van der Waals surface area contributed by atoms with Crippen LogP contribution in [0.3, 0.4) is 0 Å². The summed E-state index contributed by atoms with van der Waals surface area (Å²) in [5.41, 5.74) is 1.98. The number of para-hydroxylation sites is 2. The zero-order valence-corrected chi connectivity index (χ0v) is 13.0. The number of anilines is 2. The molecular weight excluding hydrogens is 325 g/mol. The van der Waals surface area contributed by atoms with Crippen LogP contribution in [0.25, 0.3) is 0 Å². The maximum absolute atomic E-state index is 11.6. The largest absolute Gasteiger partial charge is 0.458 e. The van der Waals surface area contributed by atoms with E-state index in [1.165, 1.54) is 0 Å². The molecule has 0 amide bonds. The average molecular weight is 338 g/mol. The molecule has 22 heavy (non-hydrogen) atoms. The van der Waals surface area contributed by atoms with E-state index in [9.17, 15) is 9.59 Å². The highest BCUT2D eigenvalue weighted by Gasteiger charge is 2.11. The fourth-order valence-electron chi connectivity index (χ4n) is 1.88. The first-order chi connectivity index (χ1) is 10.6. The van der Waals surface area contributed by atoms with E-state index >= 15 is 0 Å². The van der Waals surface area contributed by atoms with E-state index in [-0.39, 0.29) is 13.0 Å². The van der Waals surface area contributed by atoms with Gasteiger partial charge in [-0.05, 0) is 23.8 Å². The number of halogens is 2. The molecule has 0 saturated carbocycles. The molecule has 0 unspecified atom stereocenters. The quantitative estimate of drug-likeness (QED) is 0.638. The zero-order valence-electron chi connectivity index (χ0n) is 11.5. The summed E-state index contributed by atoms with van der Waals surface area (Å²) >= 11 is 12.3. The van der Waals surface area contributed by atoms with E-state index in [0.29, 0.717) is 27.7 Å². The molecule has 0 atom stereocenters. The van der Waals surface area contributed by atoms with Gasteiger partial charge in [-0.15, -0.1) is 0 Å². The van der Waals surface area contributed by atoms with Gasteiger partial charge in [0.05, 0.1) is 22.2 Å². The number of benzene rings is 2. The molecule has 0 bridgehead atoms. The maximum atomic E-state index is 11.6. The molecule has 4 nitrogen and oxygen atoms in total.